The van der Waals surface area contributed by atoms with E-state index >= 15 is 0 Å². The molecule has 3 nitrogen and oxygen atoms in total. The van der Waals surface area contributed by atoms with Crippen LogP contribution >= 0.6 is 0 Å². The molecule has 0 radical (unpaired) electrons. The molecular formula is C14H24N2O. The first-order valence-electron chi connectivity index (χ1n) is 7.34. The van der Waals surface area contributed by atoms with Gasteiger partial charge >= 0.3 is 0 Å². The molecule has 17 heavy (non-hydrogen) atoms. The summed E-state index contributed by atoms with van der Waals surface area (Å²) >= 11 is 0. The number of nitrogens with zero attached hydrogens (tertiary/aromatic N) is 1. The average Bonchev–Trinajstić information content (AvgIpc) is 2.88. The highest BCUT2D eigenvalue weighted by Crippen LogP contribution is 2.31. The van der Waals surface area contributed by atoms with Gasteiger partial charge in [0.05, 0.1) is 0 Å². The molecule has 3 fully saturated rings. The van der Waals surface area contributed by atoms with Crippen LogP contribution in [0.4, 0.5) is 0 Å². The fraction of sp³-hybridized carbons (Fsp3) is 0.929. The molecule has 1 N–H and O–H groups in total. The Balaban J connectivity index is 1.37. The number of hydrogen-bond donors (Lipinski definition) is 1. The maximum atomic E-state index is 11.9. The summed E-state index contributed by atoms with van der Waals surface area (Å²) in [6, 6.07) is 0.894. The Hall–Kier alpha value is -0.570. The van der Waals surface area contributed by atoms with E-state index in [1.165, 1.54) is 45.2 Å². The van der Waals surface area contributed by atoms with Crippen molar-refractivity contribution in [2.24, 2.45) is 11.8 Å². The van der Waals surface area contributed by atoms with Crippen LogP contribution in [0.3, 0.4) is 0 Å². The lowest BCUT2D eigenvalue weighted by Gasteiger charge is -2.16. The van der Waals surface area contributed by atoms with Crippen molar-refractivity contribution in [1.29, 1.82) is 0 Å². The number of rotatable bonds is 4. The first kappa shape index (κ1) is 11.5. The zero-order chi connectivity index (χ0) is 11.7. The zero-order valence-electron chi connectivity index (χ0n) is 10.7. The van der Waals surface area contributed by atoms with E-state index in [4.69, 9.17) is 0 Å². The van der Waals surface area contributed by atoms with Crippen molar-refractivity contribution >= 4 is 5.91 Å². The SMILES string of the molecule is O=C(NCC1CCN(C2CC2)C1)C1CCCC1. The molecule has 1 atom stereocenters. The third-order valence-corrected chi connectivity index (χ3v) is 4.67. The van der Waals surface area contributed by atoms with Gasteiger partial charge in [0.25, 0.3) is 0 Å². The first-order valence-corrected chi connectivity index (χ1v) is 7.34. The van der Waals surface area contributed by atoms with Gasteiger partial charge in [-0.05, 0) is 44.6 Å². The molecule has 2 saturated carbocycles. The fourth-order valence-electron chi connectivity index (χ4n) is 3.38. The van der Waals surface area contributed by atoms with Gasteiger partial charge in [-0.1, -0.05) is 12.8 Å². The van der Waals surface area contributed by atoms with Crippen molar-refractivity contribution in [3.63, 3.8) is 0 Å². The van der Waals surface area contributed by atoms with Crippen molar-refractivity contribution in [2.45, 2.75) is 51.0 Å². The highest BCUT2D eigenvalue weighted by Gasteiger charge is 2.34. The number of nitrogens with one attached hydrogen (secondary N) is 1. The van der Waals surface area contributed by atoms with E-state index in [-0.39, 0.29) is 0 Å². The largest absolute Gasteiger partial charge is 0.356 e. The van der Waals surface area contributed by atoms with Gasteiger partial charge in [-0.3, -0.25) is 4.79 Å². The summed E-state index contributed by atoms with van der Waals surface area (Å²) in [5.41, 5.74) is 0. The predicted molar refractivity (Wildman–Crippen MR) is 67.7 cm³/mol. The first-order chi connectivity index (χ1) is 8.33. The zero-order valence-corrected chi connectivity index (χ0v) is 10.7. The van der Waals surface area contributed by atoms with E-state index in [9.17, 15) is 4.79 Å². The summed E-state index contributed by atoms with van der Waals surface area (Å²) in [6.07, 6.45) is 8.81. The van der Waals surface area contributed by atoms with E-state index in [0.717, 1.165) is 25.4 Å². The Kier molecular flexibility index (Phi) is 3.37. The average molecular weight is 236 g/mol. The molecule has 3 aliphatic rings. The molecule has 0 spiro atoms. The molecule has 1 amide bonds. The standard InChI is InChI=1S/C14H24N2O/c17-14(12-3-1-2-4-12)15-9-11-7-8-16(10-11)13-5-6-13/h11-13H,1-10H2,(H,15,17). The molecule has 3 heteroatoms. The van der Waals surface area contributed by atoms with Crippen molar-refractivity contribution in [3.05, 3.63) is 0 Å². The van der Waals surface area contributed by atoms with E-state index in [2.05, 4.69) is 10.2 Å². The Morgan fingerprint density at radius 2 is 1.88 bits per heavy atom. The minimum atomic E-state index is 0.326. The minimum absolute atomic E-state index is 0.326. The highest BCUT2D eigenvalue weighted by molar-refractivity contribution is 5.78. The Bertz CT molecular complexity index is 282. The molecule has 1 unspecified atom stereocenters. The van der Waals surface area contributed by atoms with E-state index in [0.29, 0.717) is 17.7 Å². The van der Waals surface area contributed by atoms with Gasteiger partial charge in [-0.25, -0.2) is 0 Å². The second-order valence-electron chi connectivity index (χ2n) is 6.11. The van der Waals surface area contributed by atoms with Crippen LogP contribution in [0.1, 0.15) is 44.9 Å². The molecule has 2 aliphatic carbocycles. The molecule has 0 aromatic heterocycles. The molecule has 0 aromatic rings. The van der Waals surface area contributed by atoms with Crippen LogP contribution in [-0.4, -0.2) is 36.5 Å². The van der Waals surface area contributed by atoms with Gasteiger partial charge in [0.1, 0.15) is 0 Å². The van der Waals surface area contributed by atoms with Crippen LogP contribution in [-0.2, 0) is 4.79 Å². The quantitative estimate of drug-likeness (QED) is 0.807. The van der Waals surface area contributed by atoms with Crippen molar-refractivity contribution in [3.8, 4) is 0 Å². The van der Waals surface area contributed by atoms with E-state index in [1.54, 1.807) is 0 Å². The van der Waals surface area contributed by atoms with Gasteiger partial charge < -0.3 is 10.2 Å². The third-order valence-electron chi connectivity index (χ3n) is 4.67. The van der Waals surface area contributed by atoms with Crippen LogP contribution in [0.5, 0.6) is 0 Å². The van der Waals surface area contributed by atoms with Crippen LogP contribution in [0.2, 0.25) is 0 Å². The Morgan fingerprint density at radius 3 is 2.59 bits per heavy atom. The van der Waals surface area contributed by atoms with Gasteiger partial charge in [0.15, 0.2) is 0 Å². The van der Waals surface area contributed by atoms with E-state index in [1.807, 2.05) is 0 Å². The smallest absolute Gasteiger partial charge is 0.223 e. The summed E-state index contributed by atoms with van der Waals surface area (Å²) in [5, 5.41) is 3.18. The Labute approximate surface area is 104 Å². The molecule has 1 aliphatic heterocycles. The summed E-state index contributed by atoms with van der Waals surface area (Å²) < 4.78 is 0. The molecule has 0 aromatic carbocycles. The molecule has 1 heterocycles. The van der Waals surface area contributed by atoms with Crippen molar-refractivity contribution < 1.29 is 4.79 Å². The van der Waals surface area contributed by atoms with Gasteiger partial charge in [-0.15, -0.1) is 0 Å². The van der Waals surface area contributed by atoms with Crippen molar-refractivity contribution in [2.75, 3.05) is 19.6 Å². The molecular weight excluding hydrogens is 212 g/mol. The second-order valence-corrected chi connectivity index (χ2v) is 6.11. The predicted octanol–water partition coefficient (Wildman–Crippen LogP) is 1.78. The summed E-state index contributed by atoms with van der Waals surface area (Å²) in [7, 11) is 0. The summed E-state index contributed by atoms with van der Waals surface area (Å²) in [6.45, 7) is 3.39. The molecule has 3 rings (SSSR count). The second kappa shape index (κ2) is 4.97. The fourth-order valence-corrected chi connectivity index (χ4v) is 3.38. The Morgan fingerprint density at radius 1 is 1.12 bits per heavy atom. The topological polar surface area (TPSA) is 32.3 Å². The number of hydrogen-bond acceptors (Lipinski definition) is 2. The number of carbonyl (C=O) groups is 1. The molecule has 0 bridgehead atoms. The lowest BCUT2D eigenvalue weighted by Crippen LogP contribution is -2.34. The molecule has 1 saturated heterocycles. The summed E-state index contributed by atoms with van der Waals surface area (Å²) in [4.78, 5) is 14.5. The van der Waals surface area contributed by atoms with Crippen LogP contribution in [0.15, 0.2) is 0 Å². The van der Waals surface area contributed by atoms with Crippen LogP contribution < -0.4 is 5.32 Å². The number of likely N-dealkylation sites (tertiary alicyclic amines) is 1. The normalized spacial score (nSPS) is 30.9. The lowest BCUT2D eigenvalue weighted by molar-refractivity contribution is -0.124. The monoisotopic (exact) mass is 236 g/mol. The molecule has 96 valence electrons. The van der Waals surface area contributed by atoms with Crippen molar-refractivity contribution in [1.82, 2.24) is 10.2 Å². The van der Waals surface area contributed by atoms with Crippen LogP contribution in [0.25, 0.3) is 0 Å². The van der Waals surface area contributed by atoms with E-state index < -0.39 is 0 Å². The van der Waals surface area contributed by atoms with Crippen LogP contribution in [0, 0.1) is 11.8 Å². The maximum Gasteiger partial charge on any atom is 0.223 e. The van der Waals surface area contributed by atoms with Gasteiger partial charge in [-0.2, -0.15) is 0 Å². The van der Waals surface area contributed by atoms with Gasteiger partial charge in [0.2, 0.25) is 5.91 Å². The highest BCUT2D eigenvalue weighted by atomic mass is 16.1. The minimum Gasteiger partial charge on any atom is -0.356 e. The number of amides is 1. The van der Waals surface area contributed by atoms with Gasteiger partial charge in [0, 0.05) is 25.0 Å². The maximum absolute atomic E-state index is 11.9. The number of carbonyl (C=O) groups excluding carboxylic acids is 1. The third kappa shape index (κ3) is 2.82. The summed E-state index contributed by atoms with van der Waals surface area (Å²) in [5.74, 6) is 1.37. The lowest BCUT2D eigenvalue weighted by atomic mass is 10.1.